The molecule has 0 bridgehead atoms. The molecule has 0 unspecified atom stereocenters. The van der Waals surface area contributed by atoms with Crippen LogP contribution in [0.2, 0.25) is 5.02 Å². The van der Waals surface area contributed by atoms with Crippen LogP contribution in [0.4, 0.5) is 15.8 Å². The van der Waals surface area contributed by atoms with Gasteiger partial charge >= 0.3 is 0 Å². The molecule has 0 radical (unpaired) electrons. The lowest BCUT2D eigenvalue weighted by molar-refractivity contribution is -0.384. The van der Waals surface area contributed by atoms with E-state index in [-0.39, 0.29) is 16.4 Å². The Hall–Kier alpha value is -1.40. The van der Waals surface area contributed by atoms with E-state index in [9.17, 15) is 14.5 Å². The summed E-state index contributed by atoms with van der Waals surface area (Å²) in [7, 11) is 2.11. The zero-order chi connectivity index (χ0) is 15.4. The highest BCUT2D eigenvalue weighted by molar-refractivity contribution is 6.31. The molecule has 1 saturated heterocycles. The molecule has 2 rings (SSSR count). The zero-order valence-electron chi connectivity index (χ0n) is 11.9. The molecule has 116 valence electrons. The van der Waals surface area contributed by atoms with Gasteiger partial charge in [0.1, 0.15) is 11.5 Å². The minimum Gasteiger partial charge on any atom is -0.379 e. The van der Waals surface area contributed by atoms with Crippen molar-refractivity contribution in [3.63, 3.8) is 0 Å². The van der Waals surface area contributed by atoms with E-state index in [1.807, 2.05) is 0 Å². The van der Waals surface area contributed by atoms with Gasteiger partial charge in [-0.2, -0.15) is 0 Å². The second kappa shape index (κ2) is 7.04. The van der Waals surface area contributed by atoms with E-state index in [0.29, 0.717) is 12.5 Å². The van der Waals surface area contributed by atoms with Gasteiger partial charge in [-0.3, -0.25) is 10.1 Å². The Morgan fingerprint density at radius 2 is 2.14 bits per heavy atom. The lowest BCUT2D eigenvalue weighted by Gasteiger charge is -2.28. The third-order valence-corrected chi connectivity index (χ3v) is 4.23. The maximum Gasteiger partial charge on any atom is 0.294 e. The van der Waals surface area contributed by atoms with Gasteiger partial charge in [0.15, 0.2) is 0 Å². The summed E-state index contributed by atoms with van der Waals surface area (Å²) in [5.74, 6) is -0.0334. The number of hydrogen-bond donors (Lipinski definition) is 1. The summed E-state index contributed by atoms with van der Waals surface area (Å²) in [6.07, 6.45) is 3.19. The molecule has 0 aliphatic carbocycles. The average Bonchev–Trinajstić information content (AvgIpc) is 2.44. The van der Waals surface area contributed by atoms with E-state index in [4.69, 9.17) is 11.6 Å². The summed E-state index contributed by atoms with van der Waals surface area (Å²) >= 11 is 5.59. The smallest absolute Gasteiger partial charge is 0.294 e. The van der Waals surface area contributed by atoms with Gasteiger partial charge in [0.05, 0.1) is 9.95 Å². The predicted octanol–water partition coefficient (Wildman–Crippen LogP) is 3.53. The van der Waals surface area contributed by atoms with Gasteiger partial charge < -0.3 is 10.2 Å². The molecular weight excluding hydrogens is 297 g/mol. The van der Waals surface area contributed by atoms with Crippen molar-refractivity contribution in [2.45, 2.75) is 19.3 Å². The monoisotopic (exact) mass is 315 g/mol. The highest BCUT2D eigenvalue weighted by atomic mass is 35.5. The number of benzene rings is 1. The minimum atomic E-state index is -0.649. The summed E-state index contributed by atoms with van der Waals surface area (Å²) < 4.78 is 13.4. The first-order chi connectivity index (χ1) is 9.97. The van der Waals surface area contributed by atoms with Gasteiger partial charge in [-0.25, -0.2) is 4.39 Å². The number of nitrogens with zero attached hydrogens (tertiary/aromatic N) is 2. The fourth-order valence-corrected chi connectivity index (χ4v) is 2.75. The highest BCUT2D eigenvalue weighted by Crippen LogP contribution is 2.30. The fraction of sp³-hybridized carbons (Fsp3) is 0.571. The van der Waals surface area contributed by atoms with Gasteiger partial charge in [-0.15, -0.1) is 0 Å². The Morgan fingerprint density at radius 3 is 2.76 bits per heavy atom. The third-order valence-electron chi connectivity index (χ3n) is 3.94. The predicted molar refractivity (Wildman–Crippen MR) is 81.4 cm³/mol. The normalized spacial score (nSPS) is 16.9. The van der Waals surface area contributed by atoms with Crippen molar-refractivity contribution in [1.82, 2.24) is 4.90 Å². The Balaban J connectivity index is 1.93. The van der Waals surface area contributed by atoms with E-state index < -0.39 is 10.7 Å². The molecule has 0 atom stereocenters. The number of nitrogens with one attached hydrogen (secondary N) is 1. The van der Waals surface area contributed by atoms with Crippen molar-refractivity contribution in [2.24, 2.45) is 5.92 Å². The molecule has 0 saturated carbocycles. The van der Waals surface area contributed by atoms with E-state index in [2.05, 4.69) is 17.3 Å². The Morgan fingerprint density at radius 1 is 1.48 bits per heavy atom. The van der Waals surface area contributed by atoms with E-state index in [1.54, 1.807) is 0 Å². The van der Waals surface area contributed by atoms with E-state index in [0.717, 1.165) is 44.5 Å². The molecule has 0 spiro atoms. The topological polar surface area (TPSA) is 58.4 Å². The molecule has 1 aliphatic heterocycles. The SMILES string of the molecule is CN1CCC(CCNc2cc(F)c(Cl)cc2[N+](=O)[O-])CC1. The average molecular weight is 316 g/mol. The number of halogens is 2. The fourth-order valence-electron chi connectivity index (χ4n) is 2.59. The second-order valence-electron chi connectivity index (χ2n) is 5.50. The van der Waals surface area contributed by atoms with Crippen molar-refractivity contribution in [2.75, 3.05) is 32.0 Å². The van der Waals surface area contributed by atoms with Crippen LogP contribution in [-0.2, 0) is 0 Å². The second-order valence-corrected chi connectivity index (χ2v) is 5.91. The molecule has 1 aromatic carbocycles. The van der Waals surface area contributed by atoms with Crippen LogP contribution in [0, 0.1) is 21.8 Å². The largest absolute Gasteiger partial charge is 0.379 e. The number of rotatable bonds is 5. The summed E-state index contributed by atoms with van der Waals surface area (Å²) in [6, 6.07) is 2.14. The molecule has 1 N–H and O–H groups in total. The number of piperidine rings is 1. The lowest BCUT2D eigenvalue weighted by Crippen LogP contribution is -2.30. The standard InChI is InChI=1S/C14H19ClFN3O2/c1-18-6-3-10(4-7-18)2-5-17-13-9-12(16)11(15)8-14(13)19(20)21/h8-10,17H,2-7H2,1H3. The highest BCUT2D eigenvalue weighted by Gasteiger charge is 2.19. The minimum absolute atomic E-state index is 0.190. The van der Waals surface area contributed by atoms with E-state index >= 15 is 0 Å². The molecule has 0 aromatic heterocycles. The van der Waals surface area contributed by atoms with Gasteiger partial charge in [-0.1, -0.05) is 11.6 Å². The number of likely N-dealkylation sites (tertiary alicyclic amines) is 1. The molecule has 1 fully saturated rings. The Kier molecular flexibility index (Phi) is 5.36. The van der Waals surface area contributed by atoms with Gasteiger partial charge in [0.25, 0.3) is 5.69 Å². The number of nitro groups is 1. The van der Waals surface area contributed by atoms with Crippen LogP contribution in [0.5, 0.6) is 0 Å². The van der Waals surface area contributed by atoms with Crippen LogP contribution in [0.1, 0.15) is 19.3 Å². The molecule has 21 heavy (non-hydrogen) atoms. The summed E-state index contributed by atoms with van der Waals surface area (Å²) in [5, 5.41) is 13.7. The van der Waals surface area contributed by atoms with Crippen LogP contribution in [-0.4, -0.2) is 36.5 Å². The van der Waals surface area contributed by atoms with Gasteiger partial charge in [0.2, 0.25) is 0 Å². The number of anilines is 1. The van der Waals surface area contributed by atoms with Crippen molar-refractivity contribution < 1.29 is 9.31 Å². The molecular formula is C14H19ClFN3O2. The van der Waals surface area contributed by atoms with E-state index in [1.165, 1.54) is 0 Å². The number of hydrogen-bond acceptors (Lipinski definition) is 4. The quantitative estimate of drug-likeness (QED) is 0.667. The van der Waals surface area contributed by atoms with Crippen LogP contribution in [0.25, 0.3) is 0 Å². The third kappa shape index (κ3) is 4.28. The molecule has 1 heterocycles. The summed E-state index contributed by atoms with van der Waals surface area (Å²) in [6.45, 7) is 2.76. The van der Waals surface area contributed by atoms with Crippen molar-refractivity contribution >= 4 is 23.0 Å². The first-order valence-electron chi connectivity index (χ1n) is 7.03. The zero-order valence-corrected chi connectivity index (χ0v) is 12.7. The van der Waals surface area contributed by atoms with Crippen molar-refractivity contribution in [1.29, 1.82) is 0 Å². The van der Waals surface area contributed by atoms with Crippen molar-refractivity contribution in [3.8, 4) is 0 Å². The van der Waals surface area contributed by atoms with Crippen LogP contribution in [0.3, 0.4) is 0 Å². The van der Waals surface area contributed by atoms with Crippen LogP contribution < -0.4 is 5.32 Å². The molecule has 1 aromatic rings. The first kappa shape index (κ1) is 16.0. The maximum absolute atomic E-state index is 13.4. The van der Waals surface area contributed by atoms with Gasteiger partial charge in [-0.05, 0) is 45.3 Å². The van der Waals surface area contributed by atoms with Crippen LogP contribution in [0.15, 0.2) is 12.1 Å². The molecule has 1 aliphatic rings. The molecule has 5 nitrogen and oxygen atoms in total. The lowest BCUT2D eigenvalue weighted by atomic mass is 9.94. The molecule has 7 heteroatoms. The molecule has 0 amide bonds. The first-order valence-corrected chi connectivity index (χ1v) is 7.41. The van der Waals surface area contributed by atoms with Crippen molar-refractivity contribution in [3.05, 3.63) is 33.1 Å². The Bertz CT molecular complexity index is 519. The summed E-state index contributed by atoms with van der Waals surface area (Å²) in [4.78, 5) is 12.7. The summed E-state index contributed by atoms with van der Waals surface area (Å²) in [5.41, 5.74) is -0.000366. The maximum atomic E-state index is 13.4. The van der Waals surface area contributed by atoms with Gasteiger partial charge in [0, 0.05) is 18.7 Å². The Labute approximate surface area is 128 Å². The van der Waals surface area contributed by atoms with Crippen LogP contribution >= 0.6 is 11.6 Å². The number of nitro benzene ring substituents is 1.